The van der Waals surface area contributed by atoms with Crippen LogP contribution in [0.3, 0.4) is 0 Å². The Labute approximate surface area is 272 Å². The standard InChI is InChI=1S/C34H50N4.2ClH.Co/c1-23(2)29-20-31(24(3)4)34(32(21-29)25(5)6)37-15-17-38(22-30-12-10-11-13-35-30)16-14-36-33-27(8)18-26(7)19-28(33)9;;;/h10-13,18-21,23-25,36-37H,14-17,22H2,1-9H3;2*1H;/q;;;+2/p-2. The first-order valence-corrected chi connectivity index (χ1v) is 14.4. The maximum absolute atomic E-state index is 4.61. The molecule has 0 amide bonds. The Kier molecular flexibility index (Phi) is 17.9. The summed E-state index contributed by atoms with van der Waals surface area (Å²) in [5, 5.41) is 7.59. The van der Waals surface area contributed by atoms with Crippen LogP contribution in [0.2, 0.25) is 0 Å². The van der Waals surface area contributed by atoms with Gasteiger partial charge in [0.2, 0.25) is 0 Å². The van der Waals surface area contributed by atoms with Gasteiger partial charge in [0.15, 0.2) is 0 Å². The fourth-order valence-electron chi connectivity index (χ4n) is 5.29. The first kappa shape index (κ1) is 39.2. The van der Waals surface area contributed by atoms with E-state index in [1.807, 2.05) is 12.3 Å². The fourth-order valence-corrected chi connectivity index (χ4v) is 5.29. The zero-order valence-electron chi connectivity index (χ0n) is 26.4. The molecular weight excluding hydrogens is 594 g/mol. The molecule has 41 heavy (non-hydrogen) atoms. The smallest absolute Gasteiger partial charge is 1.00 e. The Morgan fingerprint density at radius 2 is 1.22 bits per heavy atom. The van der Waals surface area contributed by atoms with E-state index in [0.29, 0.717) is 17.8 Å². The minimum absolute atomic E-state index is 0. The second-order valence-electron chi connectivity index (χ2n) is 11.8. The molecular formula is C34H50Cl2CoN4. The molecule has 0 atom stereocenters. The average molecular weight is 645 g/mol. The third-order valence-corrected chi connectivity index (χ3v) is 7.38. The van der Waals surface area contributed by atoms with Gasteiger partial charge < -0.3 is 35.4 Å². The number of hydrogen-bond donors (Lipinski definition) is 2. The van der Waals surface area contributed by atoms with Crippen LogP contribution in [0.25, 0.3) is 0 Å². The molecule has 0 unspecified atom stereocenters. The molecule has 0 saturated carbocycles. The quantitative estimate of drug-likeness (QED) is 0.300. The summed E-state index contributed by atoms with van der Waals surface area (Å²) in [5.41, 5.74) is 12.0. The van der Waals surface area contributed by atoms with Crippen LogP contribution in [0.5, 0.6) is 0 Å². The Hall–Kier alpha value is -1.76. The Morgan fingerprint density at radius 3 is 1.66 bits per heavy atom. The van der Waals surface area contributed by atoms with Crippen molar-refractivity contribution in [2.45, 2.75) is 86.6 Å². The van der Waals surface area contributed by atoms with E-state index in [2.05, 4.69) is 119 Å². The van der Waals surface area contributed by atoms with Gasteiger partial charge in [-0.05, 0) is 78.5 Å². The molecule has 1 radical (unpaired) electrons. The summed E-state index contributed by atoms with van der Waals surface area (Å²) in [6, 6.07) is 15.6. The number of nitrogens with zero attached hydrogens (tertiary/aromatic N) is 2. The van der Waals surface area contributed by atoms with Crippen LogP contribution in [0, 0.1) is 20.8 Å². The van der Waals surface area contributed by atoms with E-state index < -0.39 is 0 Å². The van der Waals surface area contributed by atoms with Crippen molar-refractivity contribution >= 4 is 11.4 Å². The van der Waals surface area contributed by atoms with Gasteiger partial charge in [-0.3, -0.25) is 9.88 Å². The first-order chi connectivity index (χ1) is 18.1. The minimum atomic E-state index is 0. The van der Waals surface area contributed by atoms with Gasteiger partial charge >= 0.3 is 16.8 Å². The third kappa shape index (κ3) is 11.4. The van der Waals surface area contributed by atoms with Crippen molar-refractivity contribution < 1.29 is 41.6 Å². The molecule has 2 N–H and O–H groups in total. The maximum atomic E-state index is 4.61. The SMILES string of the molecule is Cc1cc(C)c(NCCN(CCNc2c(C(C)C)cc(C(C)C)cc2C(C)C)Cc2ccccn2)c(C)c1.[Cl-].[Cl-].[Co+2]. The van der Waals surface area contributed by atoms with Gasteiger partial charge in [-0.15, -0.1) is 0 Å². The van der Waals surface area contributed by atoms with E-state index in [9.17, 15) is 0 Å². The van der Waals surface area contributed by atoms with E-state index in [0.717, 1.165) is 38.4 Å². The molecule has 4 nitrogen and oxygen atoms in total. The van der Waals surface area contributed by atoms with E-state index in [4.69, 9.17) is 0 Å². The number of aryl methyl sites for hydroxylation is 3. The van der Waals surface area contributed by atoms with Crippen LogP contribution in [-0.2, 0) is 23.3 Å². The van der Waals surface area contributed by atoms with Crippen molar-refractivity contribution in [2.24, 2.45) is 0 Å². The molecule has 3 rings (SSSR count). The number of rotatable bonds is 13. The van der Waals surface area contributed by atoms with E-state index in [-0.39, 0.29) is 41.6 Å². The first-order valence-electron chi connectivity index (χ1n) is 14.4. The second-order valence-corrected chi connectivity index (χ2v) is 11.8. The third-order valence-electron chi connectivity index (χ3n) is 7.38. The molecule has 0 aliphatic carbocycles. The van der Waals surface area contributed by atoms with Gasteiger partial charge in [0.1, 0.15) is 0 Å². The summed E-state index contributed by atoms with van der Waals surface area (Å²) in [4.78, 5) is 7.11. The molecule has 0 fully saturated rings. The van der Waals surface area contributed by atoms with Crippen molar-refractivity contribution in [3.05, 3.63) is 87.7 Å². The number of benzene rings is 2. The monoisotopic (exact) mass is 643 g/mol. The Balaban J connectivity index is 0.00000533. The van der Waals surface area contributed by atoms with Crippen molar-refractivity contribution in [3.8, 4) is 0 Å². The number of halogens is 2. The van der Waals surface area contributed by atoms with Crippen molar-refractivity contribution in [2.75, 3.05) is 36.8 Å². The Bertz CT molecular complexity index is 1130. The van der Waals surface area contributed by atoms with Gasteiger partial charge in [0.25, 0.3) is 0 Å². The topological polar surface area (TPSA) is 40.2 Å². The Morgan fingerprint density at radius 1 is 0.707 bits per heavy atom. The summed E-state index contributed by atoms with van der Waals surface area (Å²) < 4.78 is 0. The van der Waals surface area contributed by atoms with Gasteiger partial charge in [0.05, 0.1) is 5.69 Å². The van der Waals surface area contributed by atoms with Crippen LogP contribution >= 0.6 is 0 Å². The molecule has 2 aromatic carbocycles. The molecule has 1 aromatic heterocycles. The van der Waals surface area contributed by atoms with E-state index >= 15 is 0 Å². The predicted octanol–water partition coefficient (Wildman–Crippen LogP) is 2.41. The number of pyridine rings is 1. The molecule has 0 spiro atoms. The van der Waals surface area contributed by atoms with E-state index in [1.165, 1.54) is 44.8 Å². The zero-order valence-corrected chi connectivity index (χ0v) is 28.9. The van der Waals surface area contributed by atoms with Crippen LogP contribution in [0.15, 0.2) is 48.7 Å². The number of anilines is 2. The van der Waals surface area contributed by atoms with Crippen molar-refractivity contribution in [1.82, 2.24) is 9.88 Å². The second kappa shape index (κ2) is 18.7. The van der Waals surface area contributed by atoms with E-state index in [1.54, 1.807) is 0 Å². The summed E-state index contributed by atoms with van der Waals surface area (Å²) in [5.74, 6) is 1.48. The van der Waals surface area contributed by atoms with Crippen LogP contribution in [0.4, 0.5) is 11.4 Å². The molecule has 0 saturated heterocycles. The van der Waals surface area contributed by atoms with Crippen molar-refractivity contribution in [3.63, 3.8) is 0 Å². The molecule has 3 aromatic rings. The van der Waals surface area contributed by atoms with Gasteiger partial charge in [0, 0.05) is 50.3 Å². The minimum Gasteiger partial charge on any atom is -1.00 e. The molecule has 0 aliphatic rings. The molecule has 229 valence electrons. The number of aromatic nitrogens is 1. The molecule has 1 heterocycles. The molecule has 7 heteroatoms. The number of nitrogens with one attached hydrogen (secondary N) is 2. The molecule has 0 aliphatic heterocycles. The average Bonchev–Trinajstić information content (AvgIpc) is 2.85. The van der Waals surface area contributed by atoms with Gasteiger partial charge in [-0.25, -0.2) is 0 Å². The van der Waals surface area contributed by atoms with Gasteiger partial charge in [-0.2, -0.15) is 0 Å². The summed E-state index contributed by atoms with van der Waals surface area (Å²) in [6.45, 7) is 24.9. The normalized spacial score (nSPS) is 10.9. The fraction of sp³-hybridized carbons (Fsp3) is 0.500. The summed E-state index contributed by atoms with van der Waals surface area (Å²) in [7, 11) is 0. The van der Waals surface area contributed by atoms with Crippen LogP contribution in [-0.4, -0.2) is 36.1 Å². The predicted molar refractivity (Wildman–Crippen MR) is 166 cm³/mol. The maximum Gasteiger partial charge on any atom is 2.00 e. The molecule has 0 bridgehead atoms. The summed E-state index contributed by atoms with van der Waals surface area (Å²) >= 11 is 0. The number of hydrogen-bond acceptors (Lipinski definition) is 4. The van der Waals surface area contributed by atoms with Crippen LogP contribution in [0.1, 0.15) is 98.4 Å². The van der Waals surface area contributed by atoms with Crippen LogP contribution < -0.4 is 35.4 Å². The zero-order chi connectivity index (χ0) is 27.8. The van der Waals surface area contributed by atoms with Crippen molar-refractivity contribution in [1.29, 1.82) is 0 Å². The summed E-state index contributed by atoms with van der Waals surface area (Å²) in [6.07, 6.45) is 1.89. The largest absolute Gasteiger partial charge is 2.00 e. The van der Waals surface area contributed by atoms with Gasteiger partial charge in [-0.1, -0.05) is 77.4 Å².